The Kier molecular flexibility index (Phi) is 7.21. The van der Waals surface area contributed by atoms with E-state index in [0.717, 1.165) is 60.7 Å². The second-order valence-electron chi connectivity index (χ2n) is 11.6. The molecule has 1 aliphatic rings. The van der Waals surface area contributed by atoms with Crippen LogP contribution in [-0.2, 0) is 20.4 Å². The number of para-hydroxylation sites is 3. The zero-order valence-corrected chi connectivity index (χ0v) is 26.9. The molecule has 0 bridgehead atoms. The van der Waals surface area contributed by atoms with Gasteiger partial charge in [0.25, 0.3) is 0 Å². The number of aromatic nitrogens is 2. The quantitative estimate of drug-likeness (QED) is 0.131. The van der Waals surface area contributed by atoms with Crippen molar-refractivity contribution in [3.05, 3.63) is 170 Å². The number of alkyl halides is 1. The largest absolute Gasteiger partial charge is 0.510 e. The summed E-state index contributed by atoms with van der Waals surface area (Å²) in [6, 6.07) is 51.1. The van der Waals surface area contributed by atoms with Crippen LogP contribution < -0.4 is 4.90 Å². The fourth-order valence-electron chi connectivity index (χ4n) is 6.79. The topological polar surface area (TPSA) is 16.3 Å². The van der Waals surface area contributed by atoms with Crippen molar-refractivity contribution in [1.82, 2.24) is 14.0 Å². The van der Waals surface area contributed by atoms with Crippen LogP contribution in [0.25, 0.3) is 55.0 Å². The van der Waals surface area contributed by atoms with Gasteiger partial charge < -0.3 is 18.9 Å². The van der Waals surface area contributed by atoms with Gasteiger partial charge in [0.05, 0.1) is 11.0 Å². The standard InChI is InChI=1S/C41H27FN4.Pd/c1-43-23-24-44(27-43)32-16-10-11-28(25-32)40(42)29-19-20-33-34-21-22-37-39(41(34)46(38(33)26-29)31-14-6-3-7-15-31)35-17-8-9-18-36(35)45(37)30-12-4-2-5-13-30;/h2-14,16-24,27,40H,1H3;/q-4;. The third kappa shape index (κ3) is 4.67. The molecule has 0 N–H and O–H groups in total. The Morgan fingerprint density at radius 3 is 2.21 bits per heavy atom. The third-order valence-corrected chi connectivity index (χ3v) is 8.84. The summed E-state index contributed by atoms with van der Waals surface area (Å²) in [6.07, 6.45) is 2.48. The SMILES string of the molecule is CN1C=CN(c2[c-]c(C(F)c3[c-]c4c(cc3)c3ccc5c(c6ccccc6n5-c5ccccc5)c3n4-c3[c-]cccc3)ccc2)[CH-]1.[Pd]. The molecule has 6 heteroatoms. The molecule has 47 heavy (non-hydrogen) atoms. The van der Waals surface area contributed by atoms with Gasteiger partial charge in [-0.3, -0.25) is 0 Å². The van der Waals surface area contributed by atoms with Gasteiger partial charge in [0.15, 0.2) is 0 Å². The van der Waals surface area contributed by atoms with E-state index in [9.17, 15) is 0 Å². The van der Waals surface area contributed by atoms with Gasteiger partial charge in [-0.05, 0) is 49.1 Å². The van der Waals surface area contributed by atoms with Crippen molar-refractivity contribution >= 4 is 49.3 Å². The van der Waals surface area contributed by atoms with Crippen LogP contribution in [-0.4, -0.2) is 21.1 Å². The Labute approximate surface area is 286 Å². The molecule has 1 unspecified atom stereocenters. The minimum absolute atomic E-state index is 0. The van der Waals surface area contributed by atoms with Gasteiger partial charge in [-0.1, -0.05) is 53.7 Å². The molecule has 2 aromatic heterocycles. The monoisotopic (exact) mass is 700 g/mol. The first kappa shape index (κ1) is 29.3. The van der Waals surface area contributed by atoms with Gasteiger partial charge >= 0.3 is 0 Å². The first-order valence-electron chi connectivity index (χ1n) is 15.3. The summed E-state index contributed by atoms with van der Waals surface area (Å²) in [7, 11) is 1.96. The third-order valence-electron chi connectivity index (χ3n) is 8.84. The smallest absolute Gasteiger partial charge is 0.106 e. The fraction of sp³-hybridized carbons (Fsp3) is 0.0488. The number of benzene rings is 6. The molecule has 0 spiro atoms. The van der Waals surface area contributed by atoms with E-state index in [1.54, 1.807) is 6.07 Å². The van der Waals surface area contributed by atoms with Crippen LogP contribution in [0, 0.1) is 24.9 Å². The average Bonchev–Trinajstić information content (AvgIpc) is 3.80. The van der Waals surface area contributed by atoms with Gasteiger partial charge in [-0.25, -0.2) is 4.39 Å². The zero-order chi connectivity index (χ0) is 30.8. The summed E-state index contributed by atoms with van der Waals surface area (Å²) in [5, 5.41) is 4.39. The van der Waals surface area contributed by atoms with Crippen LogP contribution in [0.3, 0.4) is 0 Å². The number of nitrogens with zero attached hydrogens (tertiary/aromatic N) is 4. The second-order valence-corrected chi connectivity index (χ2v) is 11.6. The average molecular weight is 701 g/mol. The van der Waals surface area contributed by atoms with Crippen molar-refractivity contribution in [3.63, 3.8) is 0 Å². The molecule has 0 aliphatic carbocycles. The molecule has 1 atom stereocenters. The molecule has 0 saturated heterocycles. The Hall–Kier alpha value is -5.15. The van der Waals surface area contributed by atoms with E-state index in [-0.39, 0.29) is 20.4 Å². The van der Waals surface area contributed by atoms with Crippen LogP contribution in [0.4, 0.5) is 10.1 Å². The number of fused-ring (bicyclic) bond motifs is 7. The number of hydrogen-bond donors (Lipinski definition) is 0. The van der Waals surface area contributed by atoms with Crippen LogP contribution in [0.15, 0.2) is 134 Å². The van der Waals surface area contributed by atoms with E-state index in [2.05, 4.69) is 94.1 Å². The minimum atomic E-state index is -1.40. The van der Waals surface area contributed by atoms with Crippen LogP contribution >= 0.6 is 0 Å². The Balaban J connectivity index is 0.00000324. The zero-order valence-electron chi connectivity index (χ0n) is 25.3. The molecular formula is C41H27FN4Pd-4. The van der Waals surface area contributed by atoms with Gasteiger partial charge in [-0.15, -0.1) is 28.3 Å². The molecule has 6 aromatic carbocycles. The maximum atomic E-state index is 16.4. The molecule has 0 saturated carbocycles. The van der Waals surface area contributed by atoms with Crippen LogP contribution in [0.1, 0.15) is 17.3 Å². The van der Waals surface area contributed by atoms with Gasteiger partial charge in [-0.2, -0.15) is 73.4 Å². The first-order chi connectivity index (χ1) is 22.7. The van der Waals surface area contributed by atoms with E-state index in [1.807, 2.05) is 84.4 Å². The van der Waals surface area contributed by atoms with E-state index >= 15 is 4.39 Å². The van der Waals surface area contributed by atoms with Crippen molar-refractivity contribution in [2.45, 2.75) is 6.17 Å². The van der Waals surface area contributed by atoms with Crippen molar-refractivity contribution in [2.24, 2.45) is 0 Å². The molecule has 8 aromatic rings. The summed E-state index contributed by atoms with van der Waals surface area (Å²) in [5.74, 6) is 0. The van der Waals surface area contributed by atoms with E-state index < -0.39 is 6.17 Å². The molecule has 0 radical (unpaired) electrons. The second kappa shape index (κ2) is 11.6. The van der Waals surface area contributed by atoms with Crippen molar-refractivity contribution in [2.75, 3.05) is 11.9 Å². The molecule has 3 heterocycles. The minimum Gasteiger partial charge on any atom is -0.510 e. The molecule has 0 fully saturated rings. The van der Waals surface area contributed by atoms with Crippen LogP contribution in [0.5, 0.6) is 0 Å². The maximum Gasteiger partial charge on any atom is 0.106 e. The summed E-state index contributed by atoms with van der Waals surface area (Å²) in [5.41, 5.74) is 7.79. The molecule has 4 nitrogen and oxygen atoms in total. The van der Waals surface area contributed by atoms with E-state index in [1.165, 1.54) is 0 Å². The fourth-order valence-corrected chi connectivity index (χ4v) is 6.79. The summed E-state index contributed by atoms with van der Waals surface area (Å²) >= 11 is 0. The Morgan fingerprint density at radius 2 is 1.40 bits per heavy atom. The van der Waals surface area contributed by atoms with Crippen molar-refractivity contribution < 1.29 is 24.8 Å². The summed E-state index contributed by atoms with van der Waals surface area (Å²) < 4.78 is 21.0. The summed E-state index contributed by atoms with van der Waals surface area (Å²) in [6.45, 7) is 1.94. The Bertz CT molecular complexity index is 2450. The van der Waals surface area contributed by atoms with Gasteiger partial charge in [0.1, 0.15) is 6.17 Å². The number of anilines is 1. The van der Waals surface area contributed by atoms with Crippen molar-refractivity contribution in [3.8, 4) is 11.4 Å². The predicted molar refractivity (Wildman–Crippen MR) is 185 cm³/mol. The van der Waals surface area contributed by atoms with E-state index in [4.69, 9.17) is 0 Å². The normalized spacial score (nSPS) is 13.7. The number of rotatable bonds is 5. The molecule has 9 rings (SSSR count). The maximum absolute atomic E-state index is 16.4. The molecule has 232 valence electrons. The first-order valence-corrected chi connectivity index (χ1v) is 15.3. The summed E-state index contributed by atoms with van der Waals surface area (Å²) in [4.78, 5) is 3.88. The number of halogens is 1. The van der Waals surface area contributed by atoms with E-state index in [0.29, 0.717) is 11.1 Å². The molecule has 1 aliphatic heterocycles. The predicted octanol–water partition coefficient (Wildman–Crippen LogP) is 9.68. The number of hydrogen-bond acceptors (Lipinski definition) is 2. The van der Waals surface area contributed by atoms with Crippen molar-refractivity contribution in [1.29, 1.82) is 0 Å². The van der Waals surface area contributed by atoms with Gasteiger partial charge in [0, 0.05) is 42.4 Å². The van der Waals surface area contributed by atoms with Gasteiger partial charge in [0.2, 0.25) is 0 Å². The van der Waals surface area contributed by atoms with Crippen LogP contribution in [0.2, 0.25) is 0 Å². The molecular weight excluding hydrogens is 674 g/mol. The Morgan fingerprint density at radius 1 is 0.638 bits per heavy atom. The molecule has 0 amide bonds.